The molecule has 0 aliphatic heterocycles. The first-order valence-electron chi connectivity index (χ1n) is 6.35. The monoisotopic (exact) mass is 343 g/mol. The molecule has 0 radical (unpaired) electrons. The van der Waals surface area contributed by atoms with Crippen molar-refractivity contribution in [1.82, 2.24) is 0 Å². The van der Waals surface area contributed by atoms with Crippen molar-refractivity contribution >= 4 is 33.5 Å². The maximum Gasteiger partial charge on any atom is 0.316 e. The maximum absolute atomic E-state index is 11.9. The Hall–Kier alpha value is -1.56. The van der Waals surface area contributed by atoms with E-state index in [-0.39, 0.29) is 12.5 Å². The molecule has 5 nitrogen and oxygen atoms in total. The fraction of sp³-hybridized carbons (Fsp3) is 0.429. The molecule has 0 aliphatic carbocycles. The second kappa shape index (κ2) is 7.28. The number of carboxylic acids is 1. The first-order chi connectivity index (χ1) is 9.35. The molecule has 1 atom stereocenters. The molecule has 0 saturated heterocycles. The number of hydrogen-bond acceptors (Lipinski definition) is 3. The van der Waals surface area contributed by atoms with Gasteiger partial charge in [0, 0.05) is 11.8 Å². The number of carbonyl (C=O) groups excluding carboxylic acids is 1. The topological polar surface area (TPSA) is 75.6 Å². The van der Waals surface area contributed by atoms with Crippen LogP contribution in [-0.2, 0) is 9.59 Å². The number of carboxylic acid groups (broad SMARTS) is 1. The van der Waals surface area contributed by atoms with Gasteiger partial charge in [-0.2, -0.15) is 0 Å². The molecule has 1 aromatic carbocycles. The number of aliphatic carboxylic acids is 1. The van der Waals surface area contributed by atoms with Crippen LogP contribution in [0.15, 0.2) is 22.7 Å². The summed E-state index contributed by atoms with van der Waals surface area (Å²) < 4.78 is 6.36. The van der Waals surface area contributed by atoms with Crippen LogP contribution in [0.25, 0.3) is 0 Å². The van der Waals surface area contributed by atoms with Gasteiger partial charge in [0.2, 0.25) is 5.91 Å². The van der Waals surface area contributed by atoms with Crippen molar-refractivity contribution in [2.24, 2.45) is 5.92 Å². The van der Waals surface area contributed by atoms with Crippen molar-refractivity contribution < 1.29 is 19.4 Å². The van der Waals surface area contributed by atoms with Crippen LogP contribution in [0.3, 0.4) is 0 Å². The van der Waals surface area contributed by atoms with Crippen LogP contribution < -0.4 is 10.1 Å². The molecule has 6 heteroatoms. The van der Waals surface area contributed by atoms with E-state index in [9.17, 15) is 9.59 Å². The summed E-state index contributed by atoms with van der Waals surface area (Å²) in [4.78, 5) is 22.8. The molecule has 0 saturated carbocycles. The highest BCUT2D eigenvalue weighted by Gasteiger charge is 2.24. The Morgan fingerprint density at radius 1 is 1.40 bits per heavy atom. The molecule has 0 aliphatic rings. The van der Waals surface area contributed by atoms with Crippen LogP contribution in [0.1, 0.15) is 27.2 Å². The van der Waals surface area contributed by atoms with Gasteiger partial charge in [-0.25, -0.2) is 0 Å². The first-order valence-corrected chi connectivity index (χ1v) is 7.14. The minimum Gasteiger partial charge on any atom is -0.490 e. The van der Waals surface area contributed by atoms with Gasteiger partial charge < -0.3 is 15.2 Å². The number of halogens is 1. The zero-order valence-corrected chi connectivity index (χ0v) is 13.2. The van der Waals surface area contributed by atoms with Gasteiger partial charge in [-0.05, 0) is 48.3 Å². The van der Waals surface area contributed by atoms with Crippen molar-refractivity contribution in [1.29, 1.82) is 0 Å². The molecular formula is C14H18BrNO4. The van der Waals surface area contributed by atoms with E-state index in [4.69, 9.17) is 9.84 Å². The molecule has 0 spiro atoms. The molecule has 0 heterocycles. The molecule has 0 fully saturated rings. The summed E-state index contributed by atoms with van der Waals surface area (Å²) in [5.41, 5.74) is 0.508. The van der Waals surface area contributed by atoms with Crippen molar-refractivity contribution in [3.05, 3.63) is 22.7 Å². The molecule has 1 rings (SSSR count). The van der Waals surface area contributed by atoms with E-state index in [2.05, 4.69) is 21.2 Å². The summed E-state index contributed by atoms with van der Waals surface area (Å²) in [6.07, 6.45) is 0.243. The Kier molecular flexibility index (Phi) is 6.01. The maximum atomic E-state index is 11.9. The van der Waals surface area contributed by atoms with E-state index in [0.717, 1.165) is 4.47 Å². The number of rotatable bonds is 6. The molecule has 0 aromatic heterocycles. The number of amides is 1. The second-order valence-electron chi connectivity index (χ2n) is 4.60. The number of ether oxygens (including phenoxy) is 1. The average molecular weight is 344 g/mol. The predicted molar refractivity (Wildman–Crippen MR) is 80.0 cm³/mol. The zero-order valence-electron chi connectivity index (χ0n) is 11.6. The molecule has 1 unspecified atom stereocenters. The van der Waals surface area contributed by atoms with Crippen LogP contribution in [-0.4, -0.2) is 23.1 Å². The highest BCUT2D eigenvalue weighted by atomic mass is 79.9. The van der Waals surface area contributed by atoms with Gasteiger partial charge in [-0.15, -0.1) is 0 Å². The summed E-state index contributed by atoms with van der Waals surface area (Å²) in [5, 5.41) is 11.5. The van der Waals surface area contributed by atoms with Gasteiger partial charge in [0.15, 0.2) is 0 Å². The lowest BCUT2D eigenvalue weighted by Crippen LogP contribution is -2.28. The fourth-order valence-corrected chi connectivity index (χ4v) is 1.97. The van der Waals surface area contributed by atoms with Gasteiger partial charge in [0.1, 0.15) is 11.7 Å². The van der Waals surface area contributed by atoms with E-state index in [1.165, 1.54) is 0 Å². The Labute approximate surface area is 126 Å². The van der Waals surface area contributed by atoms with Crippen LogP contribution in [0.5, 0.6) is 5.75 Å². The SMILES string of the molecule is CCC(C(=O)O)C(=O)Nc1ccc(Br)c(OC(C)C)c1. The number of anilines is 1. The lowest BCUT2D eigenvalue weighted by atomic mass is 10.1. The van der Waals surface area contributed by atoms with Crippen LogP contribution in [0, 0.1) is 5.92 Å². The third kappa shape index (κ3) is 4.52. The van der Waals surface area contributed by atoms with E-state index in [1.54, 1.807) is 25.1 Å². The van der Waals surface area contributed by atoms with Crippen LogP contribution >= 0.6 is 15.9 Å². The summed E-state index contributed by atoms with van der Waals surface area (Å²) in [7, 11) is 0. The lowest BCUT2D eigenvalue weighted by molar-refractivity contribution is -0.145. The Balaban J connectivity index is 2.87. The molecule has 2 N–H and O–H groups in total. The molecule has 20 heavy (non-hydrogen) atoms. The lowest BCUT2D eigenvalue weighted by Gasteiger charge is -2.14. The minimum absolute atomic E-state index is 0.000314. The standard InChI is InChI=1S/C14H18BrNO4/c1-4-10(14(18)19)13(17)16-9-5-6-11(15)12(7-9)20-8(2)3/h5-8,10H,4H2,1-3H3,(H,16,17)(H,18,19). The van der Waals surface area contributed by atoms with Crippen molar-refractivity contribution in [2.45, 2.75) is 33.3 Å². The van der Waals surface area contributed by atoms with Gasteiger partial charge >= 0.3 is 5.97 Å². The van der Waals surface area contributed by atoms with E-state index in [1.807, 2.05) is 13.8 Å². The minimum atomic E-state index is -1.12. The number of benzene rings is 1. The van der Waals surface area contributed by atoms with Crippen LogP contribution in [0.2, 0.25) is 0 Å². The Bertz CT molecular complexity index is 502. The third-order valence-electron chi connectivity index (χ3n) is 2.58. The quantitative estimate of drug-likeness (QED) is 0.777. The van der Waals surface area contributed by atoms with Gasteiger partial charge in [0.05, 0.1) is 10.6 Å². The first kappa shape index (κ1) is 16.5. The van der Waals surface area contributed by atoms with E-state index < -0.39 is 17.8 Å². The number of carbonyl (C=O) groups is 2. The Morgan fingerprint density at radius 2 is 2.05 bits per heavy atom. The van der Waals surface area contributed by atoms with Crippen molar-refractivity contribution in [2.75, 3.05) is 5.32 Å². The summed E-state index contributed by atoms with van der Waals surface area (Å²) in [6, 6.07) is 5.09. The highest BCUT2D eigenvalue weighted by molar-refractivity contribution is 9.10. The Morgan fingerprint density at radius 3 is 2.55 bits per heavy atom. The zero-order chi connectivity index (χ0) is 15.3. The molecule has 0 bridgehead atoms. The second-order valence-corrected chi connectivity index (χ2v) is 5.45. The predicted octanol–water partition coefficient (Wildman–Crippen LogP) is 3.29. The number of hydrogen-bond donors (Lipinski definition) is 2. The average Bonchev–Trinajstić information content (AvgIpc) is 2.33. The molecule has 1 aromatic rings. The van der Waals surface area contributed by atoms with Crippen LogP contribution in [0.4, 0.5) is 5.69 Å². The van der Waals surface area contributed by atoms with Gasteiger partial charge in [-0.1, -0.05) is 6.92 Å². The van der Waals surface area contributed by atoms with Crippen molar-refractivity contribution in [3.63, 3.8) is 0 Å². The third-order valence-corrected chi connectivity index (χ3v) is 3.24. The fourth-order valence-electron chi connectivity index (χ4n) is 1.63. The van der Waals surface area contributed by atoms with Gasteiger partial charge in [0.25, 0.3) is 0 Å². The molecule has 110 valence electrons. The summed E-state index contributed by atoms with van der Waals surface area (Å²) in [6.45, 7) is 5.46. The smallest absolute Gasteiger partial charge is 0.316 e. The van der Waals surface area contributed by atoms with E-state index >= 15 is 0 Å². The molecule has 1 amide bonds. The summed E-state index contributed by atoms with van der Waals surface area (Å²) >= 11 is 3.36. The normalized spacial score (nSPS) is 12.1. The molecular weight excluding hydrogens is 326 g/mol. The number of nitrogens with one attached hydrogen (secondary N) is 1. The van der Waals surface area contributed by atoms with Gasteiger partial charge in [-0.3, -0.25) is 9.59 Å². The summed E-state index contributed by atoms with van der Waals surface area (Å²) in [5.74, 6) is -2.10. The highest BCUT2D eigenvalue weighted by Crippen LogP contribution is 2.29. The largest absolute Gasteiger partial charge is 0.490 e. The van der Waals surface area contributed by atoms with Crippen molar-refractivity contribution in [3.8, 4) is 5.75 Å². The van der Waals surface area contributed by atoms with E-state index in [0.29, 0.717) is 11.4 Å².